The van der Waals surface area contributed by atoms with Crippen molar-refractivity contribution in [3.63, 3.8) is 0 Å². The Kier molecular flexibility index (Phi) is 2.43. The molecule has 0 radical (unpaired) electrons. The number of halogens is 2. The Bertz CT molecular complexity index is 191. The molecule has 10 heavy (non-hydrogen) atoms. The van der Waals surface area contributed by atoms with Crippen LogP contribution in [0.2, 0.25) is 0 Å². The predicted octanol–water partition coefficient (Wildman–Crippen LogP) is 3.31. The van der Waals surface area contributed by atoms with Gasteiger partial charge in [-0.15, -0.1) is 11.6 Å². The number of hydrogen-bond donors (Lipinski definition) is 0. The third-order valence-corrected chi connectivity index (χ3v) is 2.95. The summed E-state index contributed by atoms with van der Waals surface area (Å²) in [5.74, 6) is 0.407. The van der Waals surface area contributed by atoms with Crippen LogP contribution in [0.4, 0.5) is 0 Å². The highest BCUT2D eigenvalue weighted by Gasteiger charge is 2.18. The molecule has 2 heteroatoms. The molecule has 1 aliphatic carbocycles. The van der Waals surface area contributed by atoms with Crippen molar-refractivity contribution in [1.29, 1.82) is 0 Å². The van der Waals surface area contributed by atoms with E-state index in [1.807, 2.05) is 19.1 Å². The number of rotatable bonds is 0. The standard InChI is InChI=1S/C8H10Cl2/c1-5-3-4-7(9)6(2)8(5)10/h3-5,8H,1-2H3. The van der Waals surface area contributed by atoms with Crippen LogP contribution in [-0.4, -0.2) is 5.38 Å². The van der Waals surface area contributed by atoms with Crippen molar-refractivity contribution in [3.8, 4) is 0 Å². The fourth-order valence-electron chi connectivity index (χ4n) is 0.991. The van der Waals surface area contributed by atoms with Crippen LogP contribution in [0.3, 0.4) is 0 Å². The van der Waals surface area contributed by atoms with Crippen LogP contribution in [0.15, 0.2) is 22.8 Å². The van der Waals surface area contributed by atoms with Crippen LogP contribution in [0, 0.1) is 5.92 Å². The van der Waals surface area contributed by atoms with Crippen molar-refractivity contribution in [2.75, 3.05) is 0 Å². The summed E-state index contributed by atoms with van der Waals surface area (Å²) in [5, 5.41) is 0.871. The summed E-state index contributed by atoms with van der Waals surface area (Å²) in [6, 6.07) is 0. The van der Waals surface area contributed by atoms with Gasteiger partial charge in [0.05, 0.1) is 5.38 Å². The van der Waals surface area contributed by atoms with Gasteiger partial charge in [0.1, 0.15) is 0 Å². The van der Waals surface area contributed by atoms with Crippen LogP contribution in [0.5, 0.6) is 0 Å². The van der Waals surface area contributed by atoms with Gasteiger partial charge in [0.25, 0.3) is 0 Å². The molecule has 0 aliphatic heterocycles. The van der Waals surface area contributed by atoms with Crippen molar-refractivity contribution >= 4 is 23.2 Å². The SMILES string of the molecule is CC1=C(Cl)C=CC(C)C1Cl. The molecule has 0 saturated heterocycles. The van der Waals surface area contributed by atoms with E-state index < -0.39 is 0 Å². The van der Waals surface area contributed by atoms with Crippen molar-refractivity contribution in [2.45, 2.75) is 19.2 Å². The molecule has 0 spiro atoms. The average Bonchev–Trinajstić information content (AvgIpc) is 1.93. The molecule has 0 saturated carbocycles. The first kappa shape index (κ1) is 8.16. The lowest BCUT2D eigenvalue weighted by molar-refractivity contribution is 0.714. The van der Waals surface area contributed by atoms with E-state index in [-0.39, 0.29) is 5.38 Å². The molecule has 0 nitrogen and oxygen atoms in total. The smallest absolute Gasteiger partial charge is 0.0619 e. The maximum Gasteiger partial charge on any atom is 0.0619 e. The lowest BCUT2D eigenvalue weighted by atomic mass is 9.96. The van der Waals surface area contributed by atoms with Crippen LogP contribution in [-0.2, 0) is 0 Å². The largest absolute Gasteiger partial charge is 0.117 e. The Morgan fingerprint density at radius 3 is 2.60 bits per heavy atom. The van der Waals surface area contributed by atoms with Gasteiger partial charge < -0.3 is 0 Å². The van der Waals surface area contributed by atoms with Crippen LogP contribution in [0.1, 0.15) is 13.8 Å². The second kappa shape index (κ2) is 2.98. The number of allylic oxidation sites excluding steroid dienone is 4. The fourth-order valence-corrected chi connectivity index (χ4v) is 1.44. The summed E-state index contributed by atoms with van der Waals surface area (Å²) in [5.41, 5.74) is 1.08. The Morgan fingerprint density at radius 1 is 1.50 bits per heavy atom. The summed E-state index contributed by atoms with van der Waals surface area (Å²) in [4.78, 5) is 0. The molecule has 0 aromatic rings. The van der Waals surface area contributed by atoms with Gasteiger partial charge in [-0.25, -0.2) is 0 Å². The van der Waals surface area contributed by atoms with Crippen molar-refractivity contribution in [1.82, 2.24) is 0 Å². The van der Waals surface area contributed by atoms with E-state index in [4.69, 9.17) is 23.2 Å². The van der Waals surface area contributed by atoms with Gasteiger partial charge in [0, 0.05) is 5.03 Å². The molecule has 0 aromatic heterocycles. The van der Waals surface area contributed by atoms with Gasteiger partial charge in [0.2, 0.25) is 0 Å². The molecule has 0 aromatic carbocycles. The zero-order valence-corrected chi connectivity index (χ0v) is 7.58. The Hall–Kier alpha value is 0.0600. The lowest BCUT2D eigenvalue weighted by Gasteiger charge is -2.19. The summed E-state index contributed by atoms with van der Waals surface area (Å²) in [7, 11) is 0. The van der Waals surface area contributed by atoms with E-state index in [0.717, 1.165) is 10.6 Å². The predicted molar refractivity (Wildman–Crippen MR) is 46.5 cm³/mol. The minimum absolute atomic E-state index is 0.0810. The Morgan fingerprint density at radius 2 is 2.10 bits per heavy atom. The highest BCUT2D eigenvalue weighted by Crippen LogP contribution is 2.29. The molecule has 1 rings (SSSR count). The molecule has 56 valence electrons. The van der Waals surface area contributed by atoms with Crippen molar-refractivity contribution in [2.24, 2.45) is 5.92 Å². The molecular formula is C8H10Cl2. The minimum atomic E-state index is 0.0810. The maximum absolute atomic E-state index is 6.02. The summed E-state index contributed by atoms with van der Waals surface area (Å²) < 4.78 is 0. The molecular weight excluding hydrogens is 167 g/mol. The van der Waals surface area contributed by atoms with Gasteiger partial charge in [0.15, 0.2) is 0 Å². The van der Waals surface area contributed by atoms with Crippen LogP contribution in [0.25, 0.3) is 0 Å². The summed E-state index contributed by atoms with van der Waals surface area (Å²) >= 11 is 11.9. The van der Waals surface area contributed by atoms with Crippen LogP contribution < -0.4 is 0 Å². The first-order valence-corrected chi connectivity index (χ1v) is 4.13. The second-order valence-electron chi connectivity index (χ2n) is 2.65. The topological polar surface area (TPSA) is 0 Å². The third-order valence-electron chi connectivity index (χ3n) is 1.80. The molecule has 1 aliphatic rings. The monoisotopic (exact) mass is 176 g/mol. The summed E-state index contributed by atoms with van der Waals surface area (Å²) in [6.45, 7) is 4.06. The number of alkyl halides is 1. The Balaban J connectivity index is 2.88. The van der Waals surface area contributed by atoms with Gasteiger partial charge in [-0.2, -0.15) is 0 Å². The van der Waals surface area contributed by atoms with Crippen LogP contribution >= 0.6 is 23.2 Å². The first-order chi connectivity index (χ1) is 4.63. The first-order valence-electron chi connectivity index (χ1n) is 3.31. The van der Waals surface area contributed by atoms with E-state index in [1.165, 1.54) is 0 Å². The minimum Gasteiger partial charge on any atom is -0.117 e. The average molecular weight is 177 g/mol. The maximum atomic E-state index is 6.02. The summed E-state index contributed by atoms with van der Waals surface area (Å²) in [6.07, 6.45) is 3.95. The van der Waals surface area contributed by atoms with Crippen molar-refractivity contribution < 1.29 is 0 Å². The van der Waals surface area contributed by atoms with E-state index >= 15 is 0 Å². The Labute approximate surface area is 71.5 Å². The molecule has 0 N–H and O–H groups in total. The van der Waals surface area contributed by atoms with E-state index in [9.17, 15) is 0 Å². The van der Waals surface area contributed by atoms with Gasteiger partial charge in [-0.3, -0.25) is 0 Å². The zero-order valence-electron chi connectivity index (χ0n) is 6.07. The van der Waals surface area contributed by atoms with E-state index in [1.54, 1.807) is 0 Å². The van der Waals surface area contributed by atoms with E-state index in [0.29, 0.717) is 5.92 Å². The molecule has 0 heterocycles. The van der Waals surface area contributed by atoms with Gasteiger partial charge >= 0.3 is 0 Å². The highest BCUT2D eigenvalue weighted by molar-refractivity contribution is 6.33. The fraction of sp³-hybridized carbons (Fsp3) is 0.500. The van der Waals surface area contributed by atoms with Gasteiger partial charge in [-0.05, 0) is 24.5 Å². The zero-order chi connectivity index (χ0) is 7.72. The lowest BCUT2D eigenvalue weighted by Crippen LogP contribution is -2.14. The third kappa shape index (κ3) is 1.38. The molecule has 2 atom stereocenters. The molecule has 0 amide bonds. The quantitative estimate of drug-likeness (QED) is 0.498. The molecule has 0 fully saturated rings. The molecule has 2 unspecified atom stereocenters. The number of hydrogen-bond acceptors (Lipinski definition) is 0. The highest BCUT2D eigenvalue weighted by atomic mass is 35.5. The normalized spacial score (nSPS) is 33.2. The second-order valence-corrected chi connectivity index (χ2v) is 3.53. The van der Waals surface area contributed by atoms with Crippen molar-refractivity contribution in [3.05, 3.63) is 22.8 Å². The van der Waals surface area contributed by atoms with Gasteiger partial charge in [-0.1, -0.05) is 24.6 Å². The molecule has 0 bridgehead atoms. The van der Waals surface area contributed by atoms with E-state index in [2.05, 4.69) is 6.92 Å².